The normalized spacial score (nSPS) is 25.0. The highest BCUT2D eigenvalue weighted by Crippen LogP contribution is 2.30. The molecule has 1 saturated heterocycles. The van der Waals surface area contributed by atoms with Gasteiger partial charge in [-0.3, -0.25) is 9.59 Å². The van der Waals surface area contributed by atoms with E-state index >= 15 is 0 Å². The first-order valence-corrected chi connectivity index (χ1v) is 10.5. The van der Waals surface area contributed by atoms with E-state index in [0.717, 1.165) is 18.4 Å². The molecular weight excluding hydrogens is 356 g/mol. The maximum absolute atomic E-state index is 13.0. The molecule has 1 aromatic rings. The van der Waals surface area contributed by atoms with Crippen LogP contribution in [0.15, 0.2) is 24.3 Å². The SMILES string of the molecule is CC1(C(=O)NC2CCCCC2)CSCC(=O)N1Cc1ccc(Cl)cc1. The zero-order valence-electron chi connectivity index (χ0n) is 14.6. The summed E-state index contributed by atoms with van der Waals surface area (Å²) >= 11 is 7.49. The fraction of sp³-hybridized carbons (Fsp3) is 0.579. The molecule has 136 valence electrons. The maximum Gasteiger partial charge on any atom is 0.246 e. The van der Waals surface area contributed by atoms with Crippen LogP contribution >= 0.6 is 23.4 Å². The molecule has 4 nitrogen and oxygen atoms in total. The van der Waals surface area contributed by atoms with Crippen LogP contribution < -0.4 is 5.32 Å². The van der Waals surface area contributed by atoms with E-state index in [-0.39, 0.29) is 17.9 Å². The van der Waals surface area contributed by atoms with Crippen LogP contribution in [0, 0.1) is 0 Å². The van der Waals surface area contributed by atoms with E-state index in [9.17, 15) is 9.59 Å². The van der Waals surface area contributed by atoms with Gasteiger partial charge in [0.05, 0.1) is 5.75 Å². The third-order valence-corrected chi connectivity index (χ3v) is 6.66. The van der Waals surface area contributed by atoms with Crippen molar-refractivity contribution in [3.8, 4) is 0 Å². The van der Waals surface area contributed by atoms with Crippen molar-refractivity contribution in [2.45, 2.75) is 57.2 Å². The van der Waals surface area contributed by atoms with Gasteiger partial charge in [0.15, 0.2) is 0 Å². The number of halogens is 1. The molecule has 2 fully saturated rings. The molecule has 0 radical (unpaired) electrons. The third kappa shape index (κ3) is 4.32. The minimum atomic E-state index is -0.808. The molecule has 0 bridgehead atoms. The van der Waals surface area contributed by atoms with Gasteiger partial charge in [0.25, 0.3) is 0 Å². The lowest BCUT2D eigenvalue weighted by molar-refractivity contribution is -0.145. The number of hydrogen-bond acceptors (Lipinski definition) is 3. The van der Waals surface area contributed by atoms with Crippen LogP contribution in [0.1, 0.15) is 44.6 Å². The van der Waals surface area contributed by atoms with Gasteiger partial charge in [-0.05, 0) is 37.5 Å². The highest BCUT2D eigenvalue weighted by Gasteiger charge is 2.45. The Morgan fingerprint density at radius 2 is 1.96 bits per heavy atom. The quantitative estimate of drug-likeness (QED) is 0.867. The van der Waals surface area contributed by atoms with Gasteiger partial charge in [-0.15, -0.1) is 11.8 Å². The Hall–Kier alpha value is -1.20. The van der Waals surface area contributed by atoms with Crippen LogP contribution in [0.4, 0.5) is 0 Å². The Morgan fingerprint density at radius 3 is 2.64 bits per heavy atom. The third-order valence-electron chi connectivity index (χ3n) is 5.19. The number of nitrogens with zero attached hydrogens (tertiary/aromatic N) is 1. The summed E-state index contributed by atoms with van der Waals surface area (Å²) in [5.41, 5.74) is 0.179. The second-order valence-electron chi connectivity index (χ2n) is 7.18. The summed E-state index contributed by atoms with van der Waals surface area (Å²) in [6, 6.07) is 7.71. The van der Waals surface area contributed by atoms with Crippen molar-refractivity contribution in [1.29, 1.82) is 0 Å². The minimum absolute atomic E-state index is 0.0195. The first-order chi connectivity index (χ1) is 12.0. The van der Waals surface area contributed by atoms with Crippen LogP contribution in [0.2, 0.25) is 5.02 Å². The van der Waals surface area contributed by atoms with Crippen molar-refractivity contribution in [3.63, 3.8) is 0 Å². The monoisotopic (exact) mass is 380 g/mol. The Morgan fingerprint density at radius 1 is 1.28 bits per heavy atom. The summed E-state index contributed by atoms with van der Waals surface area (Å²) in [5.74, 6) is 1.06. The number of carbonyl (C=O) groups excluding carboxylic acids is 2. The van der Waals surface area contributed by atoms with E-state index < -0.39 is 5.54 Å². The van der Waals surface area contributed by atoms with E-state index in [0.29, 0.717) is 23.1 Å². The second kappa shape index (κ2) is 8.00. The number of thioether (sulfide) groups is 1. The van der Waals surface area contributed by atoms with Gasteiger partial charge in [-0.25, -0.2) is 0 Å². The van der Waals surface area contributed by atoms with Crippen LogP contribution in [0.25, 0.3) is 0 Å². The molecule has 1 aliphatic carbocycles. The van der Waals surface area contributed by atoms with Crippen molar-refractivity contribution in [1.82, 2.24) is 10.2 Å². The number of benzene rings is 1. The Bertz CT molecular complexity index is 631. The van der Waals surface area contributed by atoms with Crippen LogP contribution in [-0.2, 0) is 16.1 Å². The Balaban J connectivity index is 1.75. The number of amides is 2. The van der Waals surface area contributed by atoms with Gasteiger partial charge in [-0.1, -0.05) is 43.0 Å². The second-order valence-corrected chi connectivity index (χ2v) is 8.60. The number of hydrogen-bond donors (Lipinski definition) is 1. The van der Waals surface area contributed by atoms with Crippen molar-refractivity contribution in [2.24, 2.45) is 0 Å². The molecule has 1 aliphatic heterocycles. The summed E-state index contributed by atoms with van der Waals surface area (Å²) in [4.78, 5) is 27.4. The average Bonchev–Trinajstić information content (AvgIpc) is 2.61. The van der Waals surface area contributed by atoms with Gasteiger partial charge in [-0.2, -0.15) is 0 Å². The van der Waals surface area contributed by atoms with Gasteiger partial charge in [0.2, 0.25) is 11.8 Å². The average molecular weight is 381 g/mol. The summed E-state index contributed by atoms with van der Waals surface area (Å²) in [7, 11) is 0. The lowest BCUT2D eigenvalue weighted by Crippen LogP contribution is -2.63. The molecule has 6 heteroatoms. The molecule has 2 aliphatic rings. The molecule has 25 heavy (non-hydrogen) atoms. The zero-order valence-corrected chi connectivity index (χ0v) is 16.2. The first-order valence-electron chi connectivity index (χ1n) is 8.93. The minimum Gasteiger partial charge on any atom is -0.351 e. The largest absolute Gasteiger partial charge is 0.351 e. The topological polar surface area (TPSA) is 49.4 Å². The molecule has 1 aromatic carbocycles. The van der Waals surface area contributed by atoms with Crippen LogP contribution in [0.3, 0.4) is 0 Å². The number of carbonyl (C=O) groups is 2. The van der Waals surface area contributed by atoms with Crippen LogP contribution in [-0.4, -0.2) is 39.8 Å². The van der Waals surface area contributed by atoms with Gasteiger partial charge in [0, 0.05) is 23.4 Å². The summed E-state index contributed by atoms with van der Waals surface area (Å²) in [5, 5.41) is 3.88. The molecule has 2 amide bonds. The number of nitrogens with one attached hydrogen (secondary N) is 1. The molecule has 1 N–H and O–H groups in total. The van der Waals surface area contributed by atoms with Gasteiger partial charge >= 0.3 is 0 Å². The lowest BCUT2D eigenvalue weighted by atomic mass is 9.93. The molecule has 1 heterocycles. The molecule has 1 atom stereocenters. The van der Waals surface area contributed by atoms with E-state index in [2.05, 4.69) is 5.32 Å². The molecular formula is C19H25ClN2O2S. The van der Waals surface area contributed by atoms with Crippen molar-refractivity contribution < 1.29 is 9.59 Å². The lowest BCUT2D eigenvalue weighted by Gasteiger charge is -2.44. The highest BCUT2D eigenvalue weighted by atomic mass is 35.5. The summed E-state index contributed by atoms with van der Waals surface area (Å²) < 4.78 is 0. The zero-order chi connectivity index (χ0) is 17.9. The predicted octanol–water partition coefficient (Wildman–Crippen LogP) is 3.62. The van der Waals surface area contributed by atoms with E-state index in [4.69, 9.17) is 11.6 Å². The molecule has 1 unspecified atom stereocenters. The molecule has 3 rings (SSSR count). The summed E-state index contributed by atoms with van der Waals surface area (Å²) in [6.45, 7) is 2.33. The van der Waals surface area contributed by atoms with E-state index in [1.807, 2.05) is 31.2 Å². The fourth-order valence-corrected chi connectivity index (χ4v) is 4.82. The predicted molar refractivity (Wildman–Crippen MR) is 103 cm³/mol. The van der Waals surface area contributed by atoms with E-state index in [1.54, 1.807) is 16.7 Å². The van der Waals surface area contributed by atoms with Crippen molar-refractivity contribution >= 4 is 35.2 Å². The standard InChI is InChI=1S/C19H25ClN2O2S/c1-19(18(24)21-16-5-3-2-4-6-16)13-25-12-17(23)22(19)11-14-7-9-15(20)10-8-14/h7-10,16H,2-6,11-13H2,1H3,(H,21,24). The van der Waals surface area contributed by atoms with Crippen LogP contribution in [0.5, 0.6) is 0 Å². The smallest absolute Gasteiger partial charge is 0.246 e. The van der Waals surface area contributed by atoms with Gasteiger partial charge < -0.3 is 10.2 Å². The maximum atomic E-state index is 13.0. The van der Waals surface area contributed by atoms with Gasteiger partial charge in [0.1, 0.15) is 5.54 Å². The molecule has 1 saturated carbocycles. The van der Waals surface area contributed by atoms with Crippen molar-refractivity contribution in [2.75, 3.05) is 11.5 Å². The molecule has 0 aromatic heterocycles. The highest BCUT2D eigenvalue weighted by molar-refractivity contribution is 8.00. The molecule has 0 spiro atoms. The first kappa shape index (κ1) is 18.6. The number of rotatable bonds is 4. The summed E-state index contributed by atoms with van der Waals surface area (Å²) in [6.07, 6.45) is 5.68. The fourth-order valence-electron chi connectivity index (χ4n) is 3.58. The Kier molecular flexibility index (Phi) is 5.95. The Labute approximate surface area is 158 Å². The van der Waals surface area contributed by atoms with Crippen molar-refractivity contribution in [3.05, 3.63) is 34.9 Å². The van der Waals surface area contributed by atoms with E-state index in [1.165, 1.54) is 19.3 Å².